The third kappa shape index (κ3) is 2.35. The van der Waals surface area contributed by atoms with Gasteiger partial charge in [0.1, 0.15) is 0 Å². The van der Waals surface area contributed by atoms with Crippen molar-refractivity contribution in [2.75, 3.05) is 13.1 Å². The Morgan fingerprint density at radius 2 is 1.86 bits per heavy atom. The maximum absolute atomic E-state index is 12.1. The van der Waals surface area contributed by atoms with Crippen LogP contribution in [0.5, 0.6) is 0 Å². The molecule has 1 heterocycles. The molecule has 2 fully saturated rings. The molecule has 1 saturated carbocycles. The quantitative estimate of drug-likeness (QED) is 0.749. The molecule has 1 saturated heterocycles. The van der Waals surface area contributed by atoms with Gasteiger partial charge in [-0.2, -0.15) is 0 Å². The highest BCUT2D eigenvalue weighted by atomic mass is 32.2. The fourth-order valence-corrected chi connectivity index (χ4v) is 4.18. The first kappa shape index (κ1) is 10.6. The molecule has 1 aliphatic heterocycles. The predicted octanol–water partition coefficient (Wildman–Crippen LogP) is 1.02. The van der Waals surface area contributed by atoms with E-state index in [0.29, 0.717) is 5.25 Å². The van der Waals surface area contributed by atoms with Gasteiger partial charge in [0.15, 0.2) is 0 Å². The van der Waals surface area contributed by atoms with Crippen molar-refractivity contribution in [1.29, 1.82) is 0 Å². The van der Waals surface area contributed by atoms with Crippen LogP contribution in [0, 0.1) is 0 Å². The third-order valence-electron chi connectivity index (χ3n) is 3.28. The minimum atomic E-state index is -0.749. The molecule has 0 aromatic heterocycles. The molecule has 2 atom stereocenters. The number of hydrogen-bond donors (Lipinski definition) is 1. The summed E-state index contributed by atoms with van der Waals surface area (Å²) in [5.74, 6) is 0. The largest absolute Gasteiger partial charge is 0.326 e. The average molecular weight is 216 g/mol. The molecule has 2 N–H and O–H groups in total. The van der Waals surface area contributed by atoms with Crippen molar-refractivity contribution in [3.8, 4) is 0 Å². The number of nitrogens with two attached hydrogens (primary N) is 1. The average Bonchev–Trinajstić information content (AvgIpc) is 2.65. The molecule has 0 spiro atoms. The molecule has 4 heteroatoms. The van der Waals surface area contributed by atoms with E-state index >= 15 is 0 Å². The Hall–Kier alpha value is 0.0700. The van der Waals surface area contributed by atoms with E-state index in [1.54, 1.807) is 0 Å². The summed E-state index contributed by atoms with van der Waals surface area (Å²) < 4.78 is 14.2. The molecule has 0 amide bonds. The highest BCUT2D eigenvalue weighted by Gasteiger charge is 2.29. The van der Waals surface area contributed by atoms with Crippen LogP contribution in [0.25, 0.3) is 0 Å². The van der Waals surface area contributed by atoms with Gasteiger partial charge in [0.05, 0.1) is 11.0 Å². The van der Waals surface area contributed by atoms with E-state index in [1.165, 1.54) is 19.3 Å². The van der Waals surface area contributed by atoms with Crippen LogP contribution >= 0.6 is 0 Å². The maximum Gasteiger partial charge on any atom is 0.0974 e. The Bertz CT molecular complexity index is 209. The van der Waals surface area contributed by atoms with Crippen molar-refractivity contribution in [3.05, 3.63) is 0 Å². The highest BCUT2D eigenvalue weighted by molar-refractivity contribution is 7.83. The van der Waals surface area contributed by atoms with E-state index in [1.807, 2.05) is 0 Å². The molecule has 82 valence electrons. The summed E-state index contributed by atoms with van der Waals surface area (Å²) in [5, 5.41) is 0.425. The first-order valence-corrected chi connectivity index (χ1v) is 6.85. The van der Waals surface area contributed by atoms with Crippen molar-refractivity contribution < 1.29 is 4.21 Å². The molecule has 3 nitrogen and oxygen atoms in total. The first-order chi connectivity index (χ1) is 6.77. The van der Waals surface area contributed by atoms with Gasteiger partial charge >= 0.3 is 0 Å². The second-order valence-electron chi connectivity index (χ2n) is 4.47. The van der Waals surface area contributed by atoms with Gasteiger partial charge in [0.2, 0.25) is 0 Å². The lowest BCUT2D eigenvalue weighted by Gasteiger charge is -2.25. The van der Waals surface area contributed by atoms with Gasteiger partial charge in [-0.1, -0.05) is 19.3 Å². The van der Waals surface area contributed by atoms with Gasteiger partial charge in [-0.05, 0) is 19.3 Å². The Morgan fingerprint density at radius 3 is 2.43 bits per heavy atom. The van der Waals surface area contributed by atoms with Gasteiger partial charge in [-0.25, -0.2) is 8.51 Å². The second kappa shape index (κ2) is 4.73. The third-order valence-corrected chi connectivity index (χ3v) is 5.16. The molecule has 2 aliphatic rings. The Labute approximate surface area is 88.6 Å². The van der Waals surface area contributed by atoms with Gasteiger partial charge < -0.3 is 5.73 Å². The minimum absolute atomic E-state index is 0.252. The van der Waals surface area contributed by atoms with Crippen LogP contribution in [0.3, 0.4) is 0 Å². The summed E-state index contributed by atoms with van der Waals surface area (Å²) in [7, 11) is -0.749. The molecule has 2 rings (SSSR count). The number of nitrogens with zero attached hydrogens (tertiary/aromatic N) is 1. The summed E-state index contributed by atoms with van der Waals surface area (Å²) in [6.45, 7) is 1.77. The zero-order valence-electron chi connectivity index (χ0n) is 8.65. The number of rotatable bonds is 2. The van der Waals surface area contributed by atoms with Crippen LogP contribution in [0.2, 0.25) is 0 Å². The van der Waals surface area contributed by atoms with Crippen LogP contribution in [0.4, 0.5) is 0 Å². The lowest BCUT2D eigenvalue weighted by molar-refractivity contribution is 0.467. The van der Waals surface area contributed by atoms with E-state index in [9.17, 15) is 4.21 Å². The molecule has 1 unspecified atom stereocenters. The molecule has 0 bridgehead atoms. The zero-order chi connectivity index (χ0) is 9.97. The molecule has 1 aliphatic carbocycles. The van der Waals surface area contributed by atoms with Crippen molar-refractivity contribution >= 4 is 11.0 Å². The van der Waals surface area contributed by atoms with Crippen LogP contribution in [-0.4, -0.2) is 32.9 Å². The van der Waals surface area contributed by atoms with E-state index in [0.717, 1.165) is 32.4 Å². The first-order valence-electron chi connectivity index (χ1n) is 5.68. The second-order valence-corrected chi connectivity index (χ2v) is 6.21. The van der Waals surface area contributed by atoms with E-state index in [4.69, 9.17) is 5.73 Å². The highest BCUT2D eigenvalue weighted by Crippen LogP contribution is 2.25. The van der Waals surface area contributed by atoms with Gasteiger partial charge in [0, 0.05) is 24.4 Å². The molecular weight excluding hydrogens is 196 g/mol. The normalized spacial score (nSPS) is 33.4. The Morgan fingerprint density at radius 1 is 1.14 bits per heavy atom. The standard InChI is InChI=1S/C10H20N2OS/c11-9-6-7-12(8-9)14(13)10-4-2-1-3-5-10/h9-10H,1-8,11H2/t9-,14?/m1/s1. The van der Waals surface area contributed by atoms with Gasteiger partial charge in [0.25, 0.3) is 0 Å². The molecule has 0 aromatic rings. The fourth-order valence-electron chi connectivity index (χ4n) is 2.39. The summed E-state index contributed by atoms with van der Waals surface area (Å²) in [6, 6.07) is 0.252. The van der Waals surface area contributed by atoms with Crippen molar-refractivity contribution in [1.82, 2.24) is 4.31 Å². The van der Waals surface area contributed by atoms with Gasteiger partial charge in [-0.3, -0.25) is 0 Å². The molecule has 0 radical (unpaired) electrons. The zero-order valence-corrected chi connectivity index (χ0v) is 9.47. The molecule has 0 aromatic carbocycles. The van der Waals surface area contributed by atoms with E-state index in [2.05, 4.69) is 4.31 Å². The molecular formula is C10H20N2OS. The summed E-state index contributed by atoms with van der Waals surface area (Å²) in [6.07, 6.45) is 7.16. The summed E-state index contributed by atoms with van der Waals surface area (Å²) in [5.41, 5.74) is 5.82. The van der Waals surface area contributed by atoms with E-state index < -0.39 is 11.0 Å². The topological polar surface area (TPSA) is 46.3 Å². The number of hydrogen-bond acceptors (Lipinski definition) is 2. The Kier molecular flexibility index (Phi) is 3.57. The smallest absolute Gasteiger partial charge is 0.0974 e. The van der Waals surface area contributed by atoms with Crippen LogP contribution in [-0.2, 0) is 11.0 Å². The van der Waals surface area contributed by atoms with Crippen molar-refractivity contribution in [3.63, 3.8) is 0 Å². The van der Waals surface area contributed by atoms with Crippen molar-refractivity contribution in [2.24, 2.45) is 5.73 Å². The van der Waals surface area contributed by atoms with Crippen LogP contribution < -0.4 is 5.73 Å². The predicted molar refractivity (Wildman–Crippen MR) is 59.2 cm³/mol. The lowest BCUT2D eigenvalue weighted by atomic mass is 10.0. The van der Waals surface area contributed by atoms with Crippen LogP contribution in [0.1, 0.15) is 38.5 Å². The summed E-state index contributed by atoms with van der Waals surface area (Å²) in [4.78, 5) is 0. The lowest BCUT2D eigenvalue weighted by Crippen LogP contribution is -2.34. The molecule has 14 heavy (non-hydrogen) atoms. The SMILES string of the molecule is N[C@@H]1CCN(S(=O)C2CCCCC2)C1. The minimum Gasteiger partial charge on any atom is -0.326 e. The van der Waals surface area contributed by atoms with Crippen molar-refractivity contribution in [2.45, 2.75) is 49.8 Å². The van der Waals surface area contributed by atoms with Gasteiger partial charge in [-0.15, -0.1) is 0 Å². The fraction of sp³-hybridized carbons (Fsp3) is 1.00. The summed E-state index contributed by atoms with van der Waals surface area (Å²) >= 11 is 0. The maximum atomic E-state index is 12.1. The van der Waals surface area contributed by atoms with E-state index in [-0.39, 0.29) is 6.04 Å². The monoisotopic (exact) mass is 216 g/mol. The van der Waals surface area contributed by atoms with Crippen LogP contribution in [0.15, 0.2) is 0 Å². The Balaban J connectivity index is 1.87.